The minimum Gasteiger partial charge on any atom is -0.444 e. The molecule has 0 radical (unpaired) electrons. The Hall–Kier alpha value is -3.33. The summed E-state index contributed by atoms with van der Waals surface area (Å²) in [4.78, 5) is 14.6. The van der Waals surface area contributed by atoms with E-state index in [9.17, 15) is 18.7 Å². The molecule has 1 aliphatic heterocycles. The molecule has 6 nitrogen and oxygen atoms in total. The van der Waals surface area contributed by atoms with E-state index >= 15 is 0 Å². The second-order valence-electron chi connectivity index (χ2n) is 9.40. The summed E-state index contributed by atoms with van der Waals surface area (Å²) in [5, 5.41) is 14.0. The monoisotopic (exact) mass is 509 g/mol. The predicted molar refractivity (Wildman–Crippen MR) is 139 cm³/mol. The number of aliphatic hydroxyl groups excluding tert-OH is 1. The van der Waals surface area contributed by atoms with Crippen LogP contribution in [0.4, 0.5) is 19.3 Å². The Kier molecular flexibility index (Phi) is 8.87. The zero-order chi connectivity index (χ0) is 26.4. The third-order valence-electron chi connectivity index (χ3n) is 6.69. The zero-order valence-electron chi connectivity index (χ0n) is 20.9. The Bertz CT molecular complexity index is 1190. The van der Waals surface area contributed by atoms with Gasteiger partial charge in [0.1, 0.15) is 18.2 Å². The van der Waals surface area contributed by atoms with Crippen LogP contribution in [0.15, 0.2) is 66.7 Å². The summed E-state index contributed by atoms with van der Waals surface area (Å²) < 4.78 is 32.6. The molecular formula is C29H33F2N3O3. The second-order valence-corrected chi connectivity index (χ2v) is 9.40. The number of carbonyl (C=O) groups is 1. The maximum Gasteiger partial charge on any atom is 0.414 e. The first-order valence-electron chi connectivity index (χ1n) is 12.6. The molecular weight excluding hydrogens is 476 g/mol. The number of nitrogens with one attached hydrogen (secondary N) is 1. The van der Waals surface area contributed by atoms with Gasteiger partial charge >= 0.3 is 6.09 Å². The minimum absolute atomic E-state index is 0.104. The number of carbonyl (C=O) groups excluding carboxylic acids is 1. The fourth-order valence-corrected chi connectivity index (χ4v) is 4.63. The summed E-state index contributed by atoms with van der Waals surface area (Å²) in [5.74, 6) is -1.35. The Morgan fingerprint density at radius 2 is 1.81 bits per heavy atom. The lowest BCUT2D eigenvalue weighted by Gasteiger charge is -2.35. The standard InChI is InChI=1S/C29H33F2N3O3/c1-2-19-8-9-27-24(14-19)26(10-11-34(27)29(36)37-18-20-6-4-3-5-7-20)33-17-28(35)25(32)15-21-12-22(30)16-23(31)13-21/h3-9,12-14,16,25-26,28,33,35H,2,10-11,15,17-18,32H2,1H3/t25-,26?,28+/m0/s1. The van der Waals surface area contributed by atoms with E-state index in [-0.39, 0.29) is 25.6 Å². The summed E-state index contributed by atoms with van der Waals surface area (Å²) in [5.41, 5.74) is 10.3. The minimum atomic E-state index is -0.932. The van der Waals surface area contributed by atoms with E-state index in [1.807, 2.05) is 42.5 Å². The highest BCUT2D eigenvalue weighted by Gasteiger charge is 2.30. The molecule has 196 valence electrons. The van der Waals surface area contributed by atoms with Crippen LogP contribution >= 0.6 is 0 Å². The van der Waals surface area contributed by atoms with E-state index in [1.165, 1.54) is 12.1 Å². The Morgan fingerprint density at radius 3 is 2.51 bits per heavy atom. The third-order valence-corrected chi connectivity index (χ3v) is 6.69. The van der Waals surface area contributed by atoms with Gasteiger partial charge in [0.15, 0.2) is 0 Å². The number of aliphatic hydroxyl groups is 1. The molecule has 3 atom stereocenters. The van der Waals surface area contributed by atoms with Crippen LogP contribution in [0.1, 0.15) is 41.6 Å². The number of halogens is 2. The number of nitrogens with zero attached hydrogens (tertiary/aromatic N) is 1. The molecule has 4 rings (SSSR count). The van der Waals surface area contributed by atoms with Gasteiger partial charge in [-0.2, -0.15) is 0 Å². The molecule has 0 fully saturated rings. The van der Waals surface area contributed by atoms with E-state index in [4.69, 9.17) is 10.5 Å². The van der Waals surface area contributed by atoms with E-state index in [0.29, 0.717) is 18.5 Å². The molecule has 0 spiro atoms. The van der Waals surface area contributed by atoms with Crippen molar-refractivity contribution in [3.8, 4) is 0 Å². The van der Waals surface area contributed by atoms with Crippen LogP contribution in [0.5, 0.6) is 0 Å². The van der Waals surface area contributed by atoms with Gasteiger partial charge in [-0.1, -0.05) is 49.4 Å². The van der Waals surface area contributed by atoms with Crippen LogP contribution in [0.2, 0.25) is 0 Å². The van der Waals surface area contributed by atoms with E-state index in [2.05, 4.69) is 18.3 Å². The lowest BCUT2D eigenvalue weighted by molar-refractivity contribution is 0.135. The van der Waals surface area contributed by atoms with Crippen molar-refractivity contribution in [3.05, 3.63) is 101 Å². The quantitative estimate of drug-likeness (QED) is 0.391. The largest absolute Gasteiger partial charge is 0.444 e. The number of aryl methyl sites for hydroxylation is 1. The van der Waals surface area contributed by atoms with Gasteiger partial charge < -0.3 is 20.9 Å². The smallest absolute Gasteiger partial charge is 0.414 e. The lowest BCUT2D eigenvalue weighted by Crippen LogP contribution is -2.46. The van der Waals surface area contributed by atoms with E-state index in [0.717, 1.165) is 34.9 Å². The number of fused-ring (bicyclic) bond motifs is 1. The Labute approximate surface area is 216 Å². The molecule has 3 aromatic rings. The third kappa shape index (κ3) is 6.91. The topological polar surface area (TPSA) is 87.8 Å². The highest BCUT2D eigenvalue weighted by atomic mass is 19.1. The average Bonchev–Trinajstić information content (AvgIpc) is 2.89. The number of hydrogen-bond acceptors (Lipinski definition) is 5. The van der Waals surface area contributed by atoms with E-state index in [1.54, 1.807) is 4.90 Å². The van der Waals surface area contributed by atoms with Crippen LogP contribution in [0, 0.1) is 11.6 Å². The van der Waals surface area contributed by atoms with Crippen molar-refractivity contribution < 1.29 is 23.4 Å². The molecule has 0 saturated carbocycles. The Morgan fingerprint density at radius 1 is 1.08 bits per heavy atom. The number of hydrogen-bond donors (Lipinski definition) is 3. The first-order chi connectivity index (χ1) is 17.8. The van der Waals surface area contributed by atoms with Gasteiger partial charge in [-0.25, -0.2) is 13.6 Å². The van der Waals surface area contributed by atoms with Gasteiger partial charge in [0.25, 0.3) is 0 Å². The maximum atomic E-state index is 13.5. The fourth-order valence-electron chi connectivity index (χ4n) is 4.63. The number of ether oxygens (including phenoxy) is 1. The fraction of sp³-hybridized carbons (Fsp3) is 0.345. The van der Waals surface area contributed by atoms with Crippen molar-refractivity contribution in [2.75, 3.05) is 18.0 Å². The van der Waals surface area contributed by atoms with Crippen molar-refractivity contribution in [1.82, 2.24) is 5.32 Å². The number of anilines is 1. The van der Waals surface area contributed by atoms with Crippen LogP contribution in [-0.4, -0.2) is 36.4 Å². The van der Waals surface area contributed by atoms with E-state index < -0.39 is 29.9 Å². The maximum absolute atomic E-state index is 13.5. The normalized spacial score (nSPS) is 16.7. The molecule has 1 amide bonds. The average molecular weight is 510 g/mol. The van der Waals surface area contributed by atoms with Crippen molar-refractivity contribution in [2.45, 2.75) is 51.0 Å². The lowest BCUT2D eigenvalue weighted by atomic mass is 9.93. The number of amides is 1. The molecule has 4 N–H and O–H groups in total. The molecule has 8 heteroatoms. The van der Waals surface area contributed by atoms with Gasteiger partial charge in [-0.3, -0.25) is 4.90 Å². The van der Waals surface area contributed by atoms with Crippen molar-refractivity contribution in [1.29, 1.82) is 0 Å². The van der Waals surface area contributed by atoms with Crippen LogP contribution in [-0.2, 0) is 24.2 Å². The van der Waals surface area contributed by atoms with Crippen LogP contribution in [0.3, 0.4) is 0 Å². The molecule has 1 aliphatic rings. The molecule has 37 heavy (non-hydrogen) atoms. The first-order valence-corrected chi connectivity index (χ1v) is 12.6. The summed E-state index contributed by atoms with van der Waals surface area (Å²) in [6.07, 6.45) is 0.267. The van der Waals surface area contributed by atoms with Crippen LogP contribution in [0.25, 0.3) is 0 Å². The highest BCUT2D eigenvalue weighted by Crippen LogP contribution is 2.35. The molecule has 0 aliphatic carbocycles. The van der Waals surface area contributed by atoms with Gasteiger partial charge in [-0.05, 0) is 59.7 Å². The van der Waals surface area contributed by atoms with Gasteiger partial charge in [0, 0.05) is 31.2 Å². The number of nitrogens with two attached hydrogens (primary N) is 1. The zero-order valence-corrected chi connectivity index (χ0v) is 20.9. The summed E-state index contributed by atoms with van der Waals surface area (Å²) in [6.45, 7) is 2.91. The highest BCUT2D eigenvalue weighted by molar-refractivity contribution is 5.89. The van der Waals surface area contributed by atoms with Gasteiger partial charge in [-0.15, -0.1) is 0 Å². The van der Waals surface area contributed by atoms with Gasteiger partial charge in [0.2, 0.25) is 0 Å². The van der Waals surface area contributed by atoms with Crippen molar-refractivity contribution in [2.24, 2.45) is 5.73 Å². The predicted octanol–water partition coefficient (Wildman–Crippen LogP) is 4.64. The second kappa shape index (κ2) is 12.3. The SMILES string of the molecule is CCc1ccc2c(c1)C(NC[C@@H](O)[C@@H](N)Cc1cc(F)cc(F)c1)CCN2C(=O)OCc1ccccc1. The van der Waals surface area contributed by atoms with Crippen molar-refractivity contribution in [3.63, 3.8) is 0 Å². The van der Waals surface area contributed by atoms with Crippen LogP contribution < -0.4 is 16.0 Å². The number of benzene rings is 3. The first kappa shape index (κ1) is 26.7. The molecule has 0 bridgehead atoms. The molecule has 3 aromatic carbocycles. The Balaban J connectivity index is 1.41. The molecule has 0 aromatic heterocycles. The number of rotatable bonds is 9. The molecule has 1 unspecified atom stereocenters. The summed E-state index contributed by atoms with van der Waals surface area (Å²) in [7, 11) is 0. The molecule has 0 saturated heterocycles. The molecule has 1 heterocycles. The van der Waals surface area contributed by atoms with Crippen molar-refractivity contribution >= 4 is 11.8 Å². The van der Waals surface area contributed by atoms with Gasteiger partial charge in [0.05, 0.1) is 11.8 Å². The summed E-state index contributed by atoms with van der Waals surface area (Å²) >= 11 is 0. The summed E-state index contributed by atoms with van der Waals surface area (Å²) in [6, 6.07) is 18.0.